The standard InChI is InChI=1S/C20H23N3O5/c1-13(2)19(25)22-23-20(26)14-7-9-16(10-8-14)28-12-18(24)21-15-5-4-6-17(11-15)27-3/h4-11,13H,12H2,1-3H3,(H,21,24)(H,22,25)(H,23,26). The quantitative estimate of drug-likeness (QED) is 0.633. The fourth-order valence-corrected chi connectivity index (χ4v) is 2.08. The molecule has 8 nitrogen and oxygen atoms in total. The zero-order valence-corrected chi connectivity index (χ0v) is 15.9. The van der Waals surface area contributed by atoms with Crippen LogP contribution < -0.4 is 25.6 Å². The van der Waals surface area contributed by atoms with Gasteiger partial charge in [-0.1, -0.05) is 19.9 Å². The van der Waals surface area contributed by atoms with Gasteiger partial charge in [0.15, 0.2) is 6.61 Å². The van der Waals surface area contributed by atoms with E-state index in [1.807, 2.05) is 0 Å². The lowest BCUT2D eigenvalue weighted by Gasteiger charge is -2.10. The monoisotopic (exact) mass is 385 g/mol. The first-order valence-electron chi connectivity index (χ1n) is 8.66. The molecule has 148 valence electrons. The van der Waals surface area contributed by atoms with E-state index in [1.165, 1.54) is 12.1 Å². The lowest BCUT2D eigenvalue weighted by molar-refractivity contribution is -0.124. The Balaban J connectivity index is 1.82. The molecule has 2 rings (SSSR count). The number of ether oxygens (including phenoxy) is 2. The van der Waals surface area contributed by atoms with E-state index in [0.717, 1.165) is 0 Å². The zero-order chi connectivity index (χ0) is 20.5. The van der Waals surface area contributed by atoms with E-state index in [-0.39, 0.29) is 24.3 Å². The molecule has 0 aliphatic carbocycles. The first-order chi connectivity index (χ1) is 13.4. The zero-order valence-electron chi connectivity index (χ0n) is 15.9. The molecule has 0 heterocycles. The molecule has 0 saturated carbocycles. The highest BCUT2D eigenvalue weighted by atomic mass is 16.5. The SMILES string of the molecule is COc1cccc(NC(=O)COc2ccc(C(=O)NNC(=O)C(C)C)cc2)c1. The molecule has 2 aromatic carbocycles. The van der Waals surface area contributed by atoms with Gasteiger partial charge < -0.3 is 14.8 Å². The topological polar surface area (TPSA) is 106 Å². The molecule has 0 aromatic heterocycles. The van der Waals surface area contributed by atoms with Crippen LogP contribution in [0.25, 0.3) is 0 Å². The second-order valence-electron chi connectivity index (χ2n) is 6.19. The number of carbonyl (C=O) groups is 3. The Bertz CT molecular complexity index is 834. The van der Waals surface area contributed by atoms with Gasteiger partial charge in [-0.15, -0.1) is 0 Å². The number of nitrogens with one attached hydrogen (secondary N) is 3. The Kier molecular flexibility index (Phi) is 7.38. The fourth-order valence-electron chi connectivity index (χ4n) is 2.08. The molecule has 0 spiro atoms. The highest BCUT2D eigenvalue weighted by molar-refractivity contribution is 5.95. The van der Waals surface area contributed by atoms with Crippen LogP contribution in [0.1, 0.15) is 24.2 Å². The highest BCUT2D eigenvalue weighted by Gasteiger charge is 2.10. The van der Waals surface area contributed by atoms with Crippen LogP contribution in [0.3, 0.4) is 0 Å². The molecule has 0 fully saturated rings. The summed E-state index contributed by atoms with van der Waals surface area (Å²) in [5.41, 5.74) is 5.61. The second kappa shape index (κ2) is 9.96. The summed E-state index contributed by atoms with van der Waals surface area (Å²) in [7, 11) is 1.55. The van der Waals surface area contributed by atoms with Crippen LogP contribution in [0.5, 0.6) is 11.5 Å². The number of hydrogen-bond acceptors (Lipinski definition) is 5. The smallest absolute Gasteiger partial charge is 0.269 e. The van der Waals surface area contributed by atoms with Gasteiger partial charge in [-0.3, -0.25) is 25.2 Å². The summed E-state index contributed by atoms with van der Waals surface area (Å²) < 4.78 is 10.5. The maximum Gasteiger partial charge on any atom is 0.269 e. The molecular formula is C20H23N3O5. The molecule has 2 aromatic rings. The van der Waals surface area contributed by atoms with Crippen LogP contribution in [0, 0.1) is 5.92 Å². The van der Waals surface area contributed by atoms with Crippen molar-refractivity contribution in [3.63, 3.8) is 0 Å². The third kappa shape index (κ3) is 6.31. The van der Waals surface area contributed by atoms with Crippen molar-refractivity contribution in [3.05, 3.63) is 54.1 Å². The third-order valence-electron chi connectivity index (χ3n) is 3.66. The van der Waals surface area contributed by atoms with Crippen molar-refractivity contribution >= 4 is 23.4 Å². The maximum atomic E-state index is 12.0. The van der Waals surface area contributed by atoms with E-state index in [1.54, 1.807) is 57.4 Å². The summed E-state index contributed by atoms with van der Waals surface area (Å²) >= 11 is 0. The predicted molar refractivity (Wildman–Crippen MR) is 104 cm³/mol. The summed E-state index contributed by atoms with van der Waals surface area (Å²) in [5.74, 6) is -0.224. The fraction of sp³-hybridized carbons (Fsp3) is 0.250. The molecule has 0 atom stereocenters. The lowest BCUT2D eigenvalue weighted by Crippen LogP contribution is -2.43. The Morgan fingerprint density at radius 1 is 0.964 bits per heavy atom. The van der Waals surface area contributed by atoms with Gasteiger partial charge in [0, 0.05) is 23.2 Å². The Morgan fingerprint density at radius 2 is 1.68 bits per heavy atom. The number of methoxy groups -OCH3 is 1. The number of carbonyl (C=O) groups excluding carboxylic acids is 3. The summed E-state index contributed by atoms with van der Waals surface area (Å²) in [5, 5.41) is 2.70. The van der Waals surface area contributed by atoms with Crippen molar-refractivity contribution in [1.29, 1.82) is 0 Å². The predicted octanol–water partition coefficient (Wildman–Crippen LogP) is 2.13. The molecule has 28 heavy (non-hydrogen) atoms. The molecule has 0 aliphatic heterocycles. The third-order valence-corrected chi connectivity index (χ3v) is 3.66. The van der Waals surface area contributed by atoms with Gasteiger partial charge >= 0.3 is 0 Å². The van der Waals surface area contributed by atoms with Crippen molar-refractivity contribution in [2.24, 2.45) is 5.92 Å². The first-order valence-corrected chi connectivity index (χ1v) is 8.66. The van der Waals surface area contributed by atoms with E-state index in [9.17, 15) is 14.4 Å². The Morgan fingerprint density at radius 3 is 2.32 bits per heavy atom. The van der Waals surface area contributed by atoms with Crippen LogP contribution in [-0.2, 0) is 9.59 Å². The highest BCUT2D eigenvalue weighted by Crippen LogP contribution is 2.17. The second-order valence-corrected chi connectivity index (χ2v) is 6.19. The van der Waals surface area contributed by atoms with Crippen LogP contribution in [-0.4, -0.2) is 31.4 Å². The number of rotatable bonds is 7. The molecule has 0 unspecified atom stereocenters. The van der Waals surface area contributed by atoms with Crippen molar-refractivity contribution in [2.45, 2.75) is 13.8 Å². The van der Waals surface area contributed by atoms with Gasteiger partial charge in [-0.05, 0) is 36.4 Å². The molecule has 8 heteroatoms. The molecule has 0 radical (unpaired) electrons. The molecule has 0 bridgehead atoms. The number of anilines is 1. The first kappa shape index (κ1) is 20.8. The maximum absolute atomic E-state index is 12.0. The lowest BCUT2D eigenvalue weighted by atomic mass is 10.2. The Hall–Kier alpha value is -3.55. The number of benzene rings is 2. The van der Waals surface area contributed by atoms with E-state index in [0.29, 0.717) is 22.7 Å². The molecule has 0 saturated heterocycles. The van der Waals surface area contributed by atoms with Gasteiger partial charge in [0.2, 0.25) is 5.91 Å². The number of hydrazine groups is 1. The molecule has 0 aliphatic rings. The average Bonchev–Trinajstić information content (AvgIpc) is 2.70. The normalized spacial score (nSPS) is 10.1. The van der Waals surface area contributed by atoms with Crippen LogP contribution >= 0.6 is 0 Å². The van der Waals surface area contributed by atoms with Crippen LogP contribution in [0.4, 0.5) is 5.69 Å². The van der Waals surface area contributed by atoms with E-state index < -0.39 is 5.91 Å². The van der Waals surface area contributed by atoms with E-state index in [4.69, 9.17) is 9.47 Å². The van der Waals surface area contributed by atoms with E-state index >= 15 is 0 Å². The minimum Gasteiger partial charge on any atom is -0.497 e. The van der Waals surface area contributed by atoms with Gasteiger partial charge in [-0.25, -0.2) is 0 Å². The van der Waals surface area contributed by atoms with Gasteiger partial charge in [0.1, 0.15) is 11.5 Å². The minimum absolute atomic E-state index is 0.187. The van der Waals surface area contributed by atoms with Crippen molar-refractivity contribution < 1.29 is 23.9 Å². The molecule has 3 amide bonds. The van der Waals surface area contributed by atoms with E-state index in [2.05, 4.69) is 16.2 Å². The largest absolute Gasteiger partial charge is 0.497 e. The Labute approximate surface area is 163 Å². The minimum atomic E-state index is -0.448. The van der Waals surface area contributed by atoms with Crippen molar-refractivity contribution in [2.75, 3.05) is 19.0 Å². The van der Waals surface area contributed by atoms with Crippen molar-refractivity contribution in [1.82, 2.24) is 10.9 Å². The molecular weight excluding hydrogens is 362 g/mol. The number of hydrogen-bond donors (Lipinski definition) is 3. The average molecular weight is 385 g/mol. The summed E-state index contributed by atoms with van der Waals surface area (Å²) in [6.07, 6.45) is 0. The summed E-state index contributed by atoms with van der Waals surface area (Å²) in [6, 6.07) is 13.2. The van der Waals surface area contributed by atoms with Crippen molar-refractivity contribution in [3.8, 4) is 11.5 Å². The van der Waals surface area contributed by atoms with Crippen LogP contribution in [0.2, 0.25) is 0 Å². The number of amides is 3. The molecule has 3 N–H and O–H groups in total. The van der Waals surface area contributed by atoms with Gasteiger partial charge in [0.25, 0.3) is 11.8 Å². The van der Waals surface area contributed by atoms with Crippen LogP contribution in [0.15, 0.2) is 48.5 Å². The summed E-state index contributed by atoms with van der Waals surface area (Å²) in [6.45, 7) is 3.25. The van der Waals surface area contributed by atoms with Gasteiger partial charge in [-0.2, -0.15) is 0 Å². The summed E-state index contributed by atoms with van der Waals surface area (Å²) in [4.78, 5) is 35.4. The van der Waals surface area contributed by atoms with Gasteiger partial charge in [0.05, 0.1) is 7.11 Å².